The normalized spacial score (nSPS) is 21.7. The predicted molar refractivity (Wildman–Crippen MR) is 116 cm³/mol. The molecule has 1 heterocycles. The average Bonchev–Trinajstić information content (AvgIpc) is 3.52. The average molecular weight is 488 g/mol. The lowest BCUT2D eigenvalue weighted by Gasteiger charge is -2.24. The van der Waals surface area contributed by atoms with Crippen LogP contribution in [0.4, 0.5) is 9.18 Å². The summed E-state index contributed by atoms with van der Waals surface area (Å²) in [5, 5.41) is 5.64. The van der Waals surface area contributed by atoms with Crippen LogP contribution in [-0.2, 0) is 15.1 Å². The summed E-state index contributed by atoms with van der Waals surface area (Å²) in [4.78, 5) is 39.3. The van der Waals surface area contributed by atoms with Crippen LogP contribution < -0.4 is 10.6 Å². The number of hydrogen-bond donors (Lipinski definition) is 2. The van der Waals surface area contributed by atoms with Crippen molar-refractivity contribution in [3.63, 3.8) is 0 Å². The fourth-order valence-corrected chi connectivity index (χ4v) is 4.70. The molecule has 6 nitrogen and oxygen atoms in total. The van der Waals surface area contributed by atoms with Gasteiger partial charge in [0.2, 0.25) is 5.91 Å². The highest BCUT2D eigenvalue weighted by Crippen LogP contribution is 2.41. The van der Waals surface area contributed by atoms with Crippen molar-refractivity contribution < 1.29 is 18.8 Å². The van der Waals surface area contributed by atoms with Crippen molar-refractivity contribution in [1.82, 2.24) is 15.5 Å². The molecule has 2 aliphatic rings. The molecule has 162 valence electrons. The van der Waals surface area contributed by atoms with E-state index in [1.807, 2.05) is 31.2 Å². The van der Waals surface area contributed by atoms with Crippen LogP contribution in [0.2, 0.25) is 0 Å². The molecule has 2 N–H and O–H groups in total. The number of nitrogens with one attached hydrogen (secondary N) is 2. The zero-order valence-corrected chi connectivity index (χ0v) is 18.8. The van der Waals surface area contributed by atoms with Crippen LogP contribution in [0.5, 0.6) is 0 Å². The van der Waals surface area contributed by atoms with E-state index in [1.54, 1.807) is 6.92 Å². The second kappa shape index (κ2) is 8.07. The fraction of sp³-hybridized carbons (Fsp3) is 0.348. The predicted octanol–water partition coefficient (Wildman–Crippen LogP) is 3.93. The van der Waals surface area contributed by atoms with E-state index in [1.165, 1.54) is 18.2 Å². The molecule has 2 aromatic rings. The maximum absolute atomic E-state index is 13.5. The van der Waals surface area contributed by atoms with Crippen molar-refractivity contribution in [3.8, 4) is 0 Å². The molecule has 2 atom stereocenters. The van der Waals surface area contributed by atoms with Gasteiger partial charge >= 0.3 is 6.03 Å². The molecule has 4 rings (SSSR count). The number of halogens is 2. The van der Waals surface area contributed by atoms with Gasteiger partial charge in [-0.05, 0) is 50.3 Å². The Morgan fingerprint density at radius 3 is 2.55 bits per heavy atom. The van der Waals surface area contributed by atoms with Crippen LogP contribution in [0.3, 0.4) is 0 Å². The highest BCUT2D eigenvalue weighted by Gasteiger charge is 2.50. The number of imide groups is 1. The molecule has 2 unspecified atom stereocenters. The van der Waals surface area contributed by atoms with Crippen LogP contribution in [0, 0.1) is 18.7 Å². The summed E-state index contributed by atoms with van der Waals surface area (Å²) in [5.74, 6) is -1.06. The Hall–Kier alpha value is -2.74. The van der Waals surface area contributed by atoms with Crippen molar-refractivity contribution in [2.24, 2.45) is 5.92 Å². The Bertz CT molecular complexity index is 1050. The molecule has 2 aromatic carbocycles. The fourth-order valence-electron chi connectivity index (χ4n) is 3.96. The number of hydrogen-bond acceptors (Lipinski definition) is 3. The summed E-state index contributed by atoms with van der Waals surface area (Å²) >= 11 is 3.26. The van der Waals surface area contributed by atoms with Crippen LogP contribution in [0.1, 0.15) is 42.5 Å². The number of urea groups is 1. The van der Waals surface area contributed by atoms with Crippen LogP contribution >= 0.6 is 15.9 Å². The number of aryl methyl sites for hydroxylation is 1. The number of carbonyl (C=O) groups is 3. The monoisotopic (exact) mass is 487 g/mol. The van der Waals surface area contributed by atoms with E-state index >= 15 is 0 Å². The highest BCUT2D eigenvalue weighted by molar-refractivity contribution is 9.10. The third kappa shape index (κ3) is 4.21. The first-order valence-electron chi connectivity index (χ1n) is 10.1. The van der Waals surface area contributed by atoms with Gasteiger partial charge in [-0.15, -0.1) is 0 Å². The third-order valence-electron chi connectivity index (χ3n) is 5.89. The zero-order valence-electron chi connectivity index (χ0n) is 17.2. The summed E-state index contributed by atoms with van der Waals surface area (Å²) in [7, 11) is 0. The quantitative estimate of drug-likeness (QED) is 0.605. The molecule has 0 radical (unpaired) electrons. The SMILES string of the molecule is Cc1ccc(C(NC(=O)CN2C(=O)NC(C)(c3ccc(F)cc3Br)C2=O)C2CC2)cc1. The van der Waals surface area contributed by atoms with Gasteiger partial charge in [0.05, 0.1) is 6.04 Å². The standard InChI is InChI=1S/C23H23BrFN3O3/c1-13-3-5-14(6-4-13)20(15-7-8-15)26-19(29)12-28-21(30)23(2,27-22(28)31)17-10-9-16(25)11-18(17)24/h3-6,9-11,15,20H,7-8,12H2,1-2H3,(H,26,29)(H,27,31). The van der Waals surface area contributed by atoms with Gasteiger partial charge in [-0.25, -0.2) is 9.18 Å². The van der Waals surface area contributed by atoms with Gasteiger partial charge < -0.3 is 10.6 Å². The molecule has 2 fully saturated rings. The zero-order chi connectivity index (χ0) is 22.3. The van der Waals surface area contributed by atoms with Crippen molar-refractivity contribution in [1.29, 1.82) is 0 Å². The molecule has 1 saturated carbocycles. The smallest absolute Gasteiger partial charge is 0.325 e. The van der Waals surface area contributed by atoms with E-state index < -0.39 is 29.2 Å². The first kappa shape index (κ1) is 21.5. The lowest BCUT2D eigenvalue weighted by Crippen LogP contribution is -2.44. The van der Waals surface area contributed by atoms with Crippen molar-refractivity contribution in [3.05, 3.63) is 69.4 Å². The molecule has 31 heavy (non-hydrogen) atoms. The molecule has 4 amide bonds. The van der Waals surface area contributed by atoms with Crippen LogP contribution in [0.15, 0.2) is 46.9 Å². The largest absolute Gasteiger partial charge is 0.347 e. The Morgan fingerprint density at radius 1 is 1.26 bits per heavy atom. The summed E-state index contributed by atoms with van der Waals surface area (Å²) in [6.07, 6.45) is 2.05. The van der Waals surface area contributed by atoms with E-state index in [-0.39, 0.29) is 12.6 Å². The van der Waals surface area contributed by atoms with Gasteiger partial charge in [0.25, 0.3) is 5.91 Å². The molecule has 1 saturated heterocycles. The van der Waals surface area contributed by atoms with Crippen molar-refractivity contribution in [2.45, 2.75) is 38.3 Å². The first-order valence-corrected chi connectivity index (χ1v) is 10.9. The number of amides is 4. The molecule has 0 bridgehead atoms. The van der Waals surface area contributed by atoms with E-state index in [4.69, 9.17) is 0 Å². The molecule has 0 aromatic heterocycles. The lowest BCUT2D eigenvalue weighted by molar-refractivity contribution is -0.135. The second-order valence-corrected chi connectivity index (χ2v) is 9.22. The van der Waals surface area contributed by atoms with E-state index in [2.05, 4.69) is 26.6 Å². The van der Waals surface area contributed by atoms with Gasteiger partial charge in [0, 0.05) is 10.0 Å². The minimum atomic E-state index is -1.39. The molecule has 0 spiro atoms. The lowest BCUT2D eigenvalue weighted by atomic mass is 9.92. The second-order valence-electron chi connectivity index (χ2n) is 8.36. The number of rotatable bonds is 6. The van der Waals surface area contributed by atoms with Crippen molar-refractivity contribution in [2.75, 3.05) is 6.54 Å². The van der Waals surface area contributed by atoms with Crippen LogP contribution in [0.25, 0.3) is 0 Å². The van der Waals surface area contributed by atoms with Crippen LogP contribution in [-0.4, -0.2) is 29.3 Å². The number of nitrogens with zero attached hydrogens (tertiary/aromatic N) is 1. The van der Waals surface area contributed by atoms with Crippen molar-refractivity contribution >= 4 is 33.8 Å². The summed E-state index contributed by atoms with van der Waals surface area (Å²) in [6.45, 7) is 3.17. The number of carbonyl (C=O) groups excluding carboxylic acids is 3. The first-order chi connectivity index (χ1) is 14.7. The Morgan fingerprint density at radius 2 is 1.94 bits per heavy atom. The minimum Gasteiger partial charge on any atom is -0.347 e. The van der Waals surface area contributed by atoms with Gasteiger partial charge in [0.15, 0.2) is 0 Å². The Kier molecular flexibility index (Phi) is 5.60. The number of benzene rings is 2. The highest BCUT2D eigenvalue weighted by atomic mass is 79.9. The van der Waals surface area contributed by atoms with Gasteiger partial charge in [-0.3, -0.25) is 14.5 Å². The minimum absolute atomic E-state index is 0.147. The molecule has 1 aliphatic heterocycles. The molecule has 8 heteroatoms. The topological polar surface area (TPSA) is 78.5 Å². The maximum atomic E-state index is 13.5. The molecule has 1 aliphatic carbocycles. The van der Waals surface area contributed by atoms with E-state index in [9.17, 15) is 18.8 Å². The van der Waals surface area contributed by atoms with E-state index in [0.717, 1.165) is 28.9 Å². The van der Waals surface area contributed by atoms with Gasteiger partial charge in [0.1, 0.15) is 17.9 Å². The Labute approximate surface area is 188 Å². The van der Waals surface area contributed by atoms with Gasteiger partial charge in [-0.1, -0.05) is 51.8 Å². The van der Waals surface area contributed by atoms with E-state index in [0.29, 0.717) is 16.0 Å². The summed E-state index contributed by atoms with van der Waals surface area (Å²) in [6, 6.07) is 11.1. The summed E-state index contributed by atoms with van der Waals surface area (Å²) < 4.78 is 13.8. The van der Waals surface area contributed by atoms with Gasteiger partial charge in [-0.2, -0.15) is 0 Å². The molecular formula is C23H23BrFN3O3. The maximum Gasteiger partial charge on any atom is 0.325 e. The molecular weight excluding hydrogens is 465 g/mol. The Balaban J connectivity index is 1.49. The third-order valence-corrected chi connectivity index (χ3v) is 6.55. The summed E-state index contributed by atoms with van der Waals surface area (Å²) in [5.41, 5.74) is 1.18.